The second-order valence-electron chi connectivity index (χ2n) is 7.75. The van der Waals surface area contributed by atoms with Gasteiger partial charge in [0.15, 0.2) is 5.82 Å². The summed E-state index contributed by atoms with van der Waals surface area (Å²) in [5.41, 5.74) is 3.88. The molecule has 176 valence electrons. The van der Waals surface area contributed by atoms with Crippen molar-refractivity contribution in [1.82, 2.24) is 30.4 Å². The fraction of sp³-hybridized carbons (Fsp3) is 0.160. The molecule has 3 heterocycles. The number of carbonyl (C=O) groups is 1. The Kier molecular flexibility index (Phi) is 5.84. The van der Waals surface area contributed by atoms with Gasteiger partial charge < -0.3 is 24.7 Å². The summed E-state index contributed by atoms with van der Waals surface area (Å²) in [6.45, 7) is 2.07. The third-order valence-corrected chi connectivity index (χ3v) is 5.49. The van der Waals surface area contributed by atoms with Gasteiger partial charge >= 0.3 is 0 Å². The molecule has 0 spiro atoms. The third kappa shape index (κ3) is 4.41. The number of methoxy groups -OCH3 is 1. The number of rotatable bonds is 7. The van der Waals surface area contributed by atoms with Gasteiger partial charge in [-0.25, -0.2) is 9.97 Å². The highest BCUT2D eigenvalue weighted by molar-refractivity contribution is 5.97. The lowest BCUT2D eigenvalue weighted by Crippen LogP contribution is -2.23. The molecule has 0 aliphatic carbocycles. The van der Waals surface area contributed by atoms with Crippen LogP contribution in [0.3, 0.4) is 0 Å². The lowest BCUT2D eigenvalue weighted by molar-refractivity contribution is 0.0949. The molecule has 5 aromatic rings. The van der Waals surface area contributed by atoms with Crippen LogP contribution in [0.2, 0.25) is 0 Å². The maximum absolute atomic E-state index is 12.6. The first-order valence-corrected chi connectivity index (χ1v) is 11.0. The maximum Gasteiger partial charge on any atom is 0.251 e. The molecule has 10 nitrogen and oxygen atoms in total. The SMILES string of the molecule is CCc1nc(CNC(=O)c2ccc3nc(-c4cc(-c5cccnc5OC)ccc4O)[nH]c3c2)no1. The summed E-state index contributed by atoms with van der Waals surface area (Å²) in [6.07, 6.45) is 2.29. The molecule has 3 aromatic heterocycles. The number of nitrogens with zero attached hydrogens (tertiary/aromatic N) is 4. The standard InChI is InChI=1S/C25H22N6O4/c1-3-22-30-21(31-35-22)13-27-24(33)15-6-8-18-19(12-15)29-23(28-18)17-11-14(7-9-20(17)32)16-5-4-10-26-25(16)34-2/h4-12,32H,3,13H2,1-2H3,(H,27,33)(H,28,29). The summed E-state index contributed by atoms with van der Waals surface area (Å²) in [6, 6.07) is 14.1. The van der Waals surface area contributed by atoms with Crippen LogP contribution in [0.1, 0.15) is 29.0 Å². The first-order chi connectivity index (χ1) is 17.1. The summed E-state index contributed by atoms with van der Waals surface area (Å²) in [5, 5.41) is 17.2. The molecule has 0 radical (unpaired) electrons. The average molecular weight is 470 g/mol. The molecule has 0 fully saturated rings. The zero-order valence-corrected chi connectivity index (χ0v) is 19.1. The van der Waals surface area contributed by atoms with Crippen molar-refractivity contribution >= 4 is 16.9 Å². The minimum absolute atomic E-state index is 0.0696. The molecule has 0 atom stereocenters. The van der Waals surface area contributed by atoms with Gasteiger partial charge in [0.1, 0.15) is 11.6 Å². The van der Waals surface area contributed by atoms with Crippen LogP contribution in [0.4, 0.5) is 0 Å². The van der Waals surface area contributed by atoms with Crippen LogP contribution in [0, 0.1) is 0 Å². The molecule has 3 N–H and O–H groups in total. The molecule has 5 rings (SSSR count). The zero-order chi connectivity index (χ0) is 24.4. The van der Waals surface area contributed by atoms with Crippen molar-refractivity contribution in [3.05, 3.63) is 72.0 Å². The average Bonchev–Trinajstić information content (AvgIpc) is 3.54. The normalized spacial score (nSPS) is 11.0. The number of phenols is 1. The number of amides is 1. The molecule has 10 heteroatoms. The van der Waals surface area contributed by atoms with Crippen LogP contribution in [0.15, 0.2) is 59.3 Å². The molecular weight excluding hydrogens is 448 g/mol. The van der Waals surface area contributed by atoms with Crippen LogP contribution in [-0.2, 0) is 13.0 Å². The molecule has 0 saturated carbocycles. The van der Waals surface area contributed by atoms with Gasteiger partial charge in [0.05, 0.1) is 30.3 Å². The molecule has 2 aromatic carbocycles. The predicted octanol–water partition coefficient (Wildman–Crippen LogP) is 3.88. The van der Waals surface area contributed by atoms with Gasteiger partial charge in [0.2, 0.25) is 11.8 Å². The minimum atomic E-state index is -0.278. The molecular formula is C25H22N6O4. The van der Waals surface area contributed by atoms with E-state index in [1.807, 2.05) is 25.1 Å². The zero-order valence-electron chi connectivity index (χ0n) is 19.1. The van der Waals surface area contributed by atoms with Crippen LogP contribution < -0.4 is 10.1 Å². The summed E-state index contributed by atoms with van der Waals surface area (Å²) in [5.74, 6) is 1.69. The highest BCUT2D eigenvalue weighted by Gasteiger charge is 2.15. The van der Waals surface area contributed by atoms with E-state index < -0.39 is 0 Å². The van der Waals surface area contributed by atoms with Crippen molar-refractivity contribution in [3.63, 3.8) is 0 Å². The molecule has 0 unspecified atom stereocenters. The molecule has 0 saturated heterocycles. The number of aryl methyl sites for hydroxylation is 1. The van der Waals surface area contributed by atoms with Crippen LogP contribution in [-0.4, -0.2) is 43.2 Å². The monoisotopic (exact) mass is 470 g/mol. The van der Waals surface area contributed by atoms with E-state index in [0.717, 1.165) is 11.1 Å². The van der Waals surface area contributed by atoms with E-state index in [0.29, 0.717) is 52.0 Å². The van der Waals surface area contributed by atoms with Crippen LogP contribution >= 0.6 is 0 Å². The van der Waals surface area contributed by atoms with E-state index in [1.165, 1.54) is 0 Å². The van der Waals surface area contributed by atoms with Crippen LogP contribution in [0.25, 0.3) is 33.5 Å². The van der Waals surface area contributed by atoms with Crippen LogP contribution in [0.5, 0.6) is 11.6 Å². The second-order valence-corrected chi connectivity index (χ2v) is 7.75. The second kappa shape index (κ2) is 9.26. The Balaban J connectivity index is 1.41. The fourth-order valence-electron chi connectivity index (χ4n) is 3.71. The Bertz CT molecular complexity index is 1520. The smallest absolute Gasteiger partial charge is 0.251 e. The Morgan fingerprint density at radius 1 is 1.14 bits per heavy atom. The van der Waals surface area contributed by atoms with E-state index in [4.69, 9.17) is 9.26 Å². The van der Waals surface area contributed by atoms with Gasteiger partial charge in [0.25, 0.3) is 5.91 Å². The number of carbonyl (C=O) groups excluding carboxylic acids is 1. The van der Waals surface area contributed by atoms with Crippen molar-refractivity contribution in [2.75, 3.05) is 7.11 Å². The van der Waals surface area contributed by atoms with Gasteiger partial charge in [-0.15, -0.1) is 0 Å². The number of hydrogen-bond donors (Lipinski definition) is 3. The Hall–Kier alpha value is -4.73. The molecule has 35 heavy (non-hydrogen) atoms. The number of benzene rings is 2. The number of pyridine rings is 1. The lowest BCUT2D eigenvalue weighted by Gasteiger charge is -2.09. The lowest BCUT2D eigenvalue weighted by atomic mass is 10.0. The summed E-state index contributed by atoms with van der Waals surface area (Å²) >= 11 is 0. The van der Waals surface area contributed by atoms with Crippen molar-refractivity contribution in [2.24, 2.45) is 0 Å². The van der Waals surface area contributed by atoms with Gasteiger partial charge in [-0.2, -0.15) is 4.98 Å². The third-order valence-electron chi connectivity index (χ3n) is 5.49. The molecule has 1 amide bonds. The van der Waals surface area contributed by atoms with E-state index in [-0.39, 0.29) is 18.2 Å². The van der Waals surface area contributed by atoms with Gasteiger partial charge in [-0.1, -0.05) is 18.1 Å². The molecule has 0 aliphatic heterocycles. The van der Waals surface area contributed by atoms with Crippen molar-refractivity contribution in [1.29, 1.82) is 0 Å². The first kappa shape index (κ1) is 22.1. The summed E-state index contributed by atoms with van der Waals surface area (Å²) in [4.78, 5) is 28.9. The highest BCUT2D eigenvalue weighted by atomic mass is 16.5. The van der Waals surface area contributed by atoms with E-state index in [2.05, 4.69) is 30.4 Å². The number of fused-ring (bicyclic) bond motifs is 1. The first-order valence-electron chi connectivity index (χ1n) is 11.0. The quantitative estimate of drug-likeness (QED) is 0.326. The molecule has 0 aliphatic rings. The number of aromatic nitrogens is 5. The number of phenolic OH excluding ortho intramolecular Hbond substituents is 1. The Labute approximate surface area is 200 Å². The maximum atomic E-state index is 12.6. The number of aromatic amines is 1. The van der Waals surface area contributed by atoms with E-state index in [1.54, 1.807) is 43.6 Å². The summed E-state index contributed by atoms with van der Waals surface area (Å²) in [7, 11) is 1.56. The highest BCUT2D eigenvalue weighted by Crippen LogP contribution is 2.35. The van der Waals surface area contributed by atoms with Gasteiger partial charge in [-0.05, 0) is 48.0 Å². The largest absolute Gasteiger partial charge is 0.507 e. The number of H-pyrrole nitrogens is 1. The fourth-order valence-corrected chi connectivity index (χ4v) is 3.71. The number of nitrogens with one attached hydrogen (secondary N) is 2. The number of aromatic hydroxyl groups is 1. The van der Waals surface area contributed by atoms with Gasteiger partial charge in [-0.3, -0.25) is 4.79 Å². The Morgan fingerprint density at radius 2 is 2.03 bits per heavy atom. The summed E-state index contributed by atoms with van der Waals surface area (Å²) < 4.78 is 10.4. The Morgan fingerprint density at radius 3 is 2.83 bits per heavy atom. The van der Waals surface area contributed by atoms with Crippen molar-refractivity contribution < 1.29 is 19.2 Å². The predicted molar refractivity (Wildman–Crippen MR) is 128 cm³/mol. The minimum Gasteiger partial charge on any atom is -0.507 e. The number of ether oxygens (including phenoxy) is 1. The van der Waals surface area contributed by atoms with Gasteiger partial charge in [0, 0.05) is 23.7 Å². The van der Waals surface area contributed by atoms with Crippen molar-refractivity contribution in [2.45, 2.75) is 19.9 Å². The molecule has 0 bridgehead atoms. The number of hydrogen-bond acceptors (Lipinski definition) is 8. The topological polar surface area (TPSA) is 139 Å². The van der Waals surface area contributed by atoms with E-state index in [9.17, 15) is 9.90 Å². The number of imidazole rings is 1. The van der Waals surface area contributed by atoms with E-state index >= 15 is 0 Å². The van der Waals surface area contributed by atoms with Crippen molar-refractivity contribution in [3.8, 4) is 34.1 Å².